The van der Waals surface area contributed by atoms with Crippen LogP contribution in [0.15, 0.2) is 4.99 Å². The molecule has 4 atom stereocenters. The predicted octanol–water partition coefficient (Wildman–Crippen LogP) is -5.63. The SMILES string of the molecule is CNCC(=O)N[C@H](CCCN=C(N)N)C(=O)NCC(=O)N[C@H](CC(=O)O)C(=O)N[C@@H](CO)C(=O)N1CCC[C@@H]1C(=O)O. The monoisotopic (exact) mass is 601 g/mol. The normalized spacial score (nSPS) is 16.3. The molecule has 0 spiro atoms. The van der Waals surface area contributed by atoms with Crippen LogP contribution >= 0.6 is 0 Å². The van der Waals surface area contributed by atoms with Gasteiger partial charge in [-0.2, -0.15) is 0 Å². The van der Waals surface area contributed by atoms with Crippen LogP contribution in [0.3, 0.4) is 0 Å². The average molecular weight is 602 g/mol. The molecule has 1 aliphatic heterocycles. The molecule has 0 aliphatic carbocycles. The molecule has 1 saturated heterocycles. The molecule has 0 unspecified atom stereocenters. The molecule has 236 valence electrons. The summed E-state index contributed by atoms with van der Waals surface area (Å²) < 4.78 is 0. The van der Waals surface area contributed by atoms with E-state index in [1.54, 1.807) is 0 Å². The molecule has 19 nitrogen and oxygen atoms in total. The minimum atomic E-state index is -1.71. The highest BCUT2D eigenvalue weighted by Crippen LogP contribution is 2.18. The molecule has 5 amide bonds. The molecule has 0 aromatic heterocycles. The maximum Gasteiger partial charge on any atom is 0.326 e. The van der Waals surface area contributed by atoms with Crippen molar-refractivity contribution >= 4 is 47.4 Å². The number of aliphatic hydroxyl groups excluding tert-OH is 1. The van der Waals surface area contributed by atoms with Crippen LogP contribution in [0.5, 0.6) is 0 Å². The lowest BCUT2D eigenvalue weighted by atomic mass is 10.1. The van der Waals surface area contributed by atoms with Crippen molar-refractivity contribution in [2.24, 2.45) is 16.5 Å². The summed E-state index contributed by atoms with van der Waals surface area (Å²) in [4.78, 5) is 90.2. The molecule has 1 fully saturated rings. The molecule has 42 heavy (non-hydrogen) atoms. The Balaban J connectivity index is 2.83. The van der Waals surface area contributed by atoms with Crippen LogP contribution < -0.4 is 38.1 Å². The second kappa shape index (κ2) is 18.0. The van der Waals surface area contributed by atoms with E-state index in [1.807, 2.05) is 0 Å². The summed E-state index contributed by atoms with van der Waals surface area (Å²) in [6, 6.07) is -5.51. The number of nitrogens with one attached hydrogen (secondary N) is 5. The molecular weight excluding hydrogens is 562 g/mol. The van der Waals surface area contributed by atoms with Crippen molar-refractivity contribution in [3.63, 3.8) is 0 Å². The fourth-order valence-electron chi connectivity index (χ4n) is 4.04. The number of aliphatic carboxylic acids is 2. The molecule has 19 heteroatoms. The van der Waals surface area contributed by atoms with Gasteiger partial charge in [0.25, 0.3) is 0 Å². The maximum atomic E-state index is 12.8. The van der Waals surface area contributed by atoms with Crippen molar-refractivity contribution < 1.29 is 48.9 Å². The van der Waals surface area contributed by atoms with Crippen LogP contribution in [0, 0.1) is 0 Å². The van der Waals surface area contributed by atoms with Crippen molar-refractivity contribution in [3.8, 4) is 0 Å². The van der Waals surface area contributed by atoms with Crippen LogP contribution in [-0.2, 0) is 33.6 Å². The fourth-order valence-corrected chi connectivity index (χ4v) is 4.04. The quantitative estimate of drug-likeness (QED) is 0.0398. The molecule has 0 saturated carbocycles. The molecule has 1 rings (SSSR count). The number of carbonyl (C=O) groups is 7. The minimum Gasteiger partial charge on any atom is -0.481 e. The Kier molecular flexibility index (Phi) is 15.2. The molecule has 1 heterocycles. The average Bonchev–Trinajstić information content (AvgIpc) is 3.41. The van der Waals surface area contributed by atoms with Gasteiger partial charge in [-0.3, -0.25) is 33.8 Å². The standard InChI is InChI=1S/C23H39N9O10/c1-26-9-16(34)29-12(4-2-6-27-23(24)25)19(38)28-10-17(35)30-13(8-18(36)37)20(39)31-14(11-33)21(40)32-7-3-5-15(32)22(41)42/h12-15,26,33H,2-11H2,1H3,(H,28,38)(H,29,34)(H,30,35)(H,31,39)(H,36,37)(H,41,42)(H4,24,25,27)/t12-,13-,14+,15-/m1/s1. The highest BCUT2D eigenvalue weighted by atomic mass is 16.4. The lowest BCUT2D eigenvalue weighted by molar-refractivity contribution is -0.150. The number of rotatable bonds is 18. The first-order valence-corrected chi connectivity index (χ1v) is 13.0. The number of nitrogens with zero attached hydrogens (tertiary/aromatic N) is 2. The van der Waals surface area contributed by atoms with Gasteiger partial charge in [0.2, 0.25) is 29.5 Å². The second-order valence-corrected chi connectivity index (χ2v) is 9.31. The topological polar surface area (TPSA) is 308 Å². The van der Waals surface area contributed by atoms with Gasteiger partial charge in [0.15, 0.2) is 5.96 Å². The Hall–Kier alpha value is -4.52. The van der Waals surface area contributed by atoms with Crippen LogP contribution in [0.25, 0.3) is 0 Å². The molecule has 0 aromatic carbocycles. The number of aliphatic hydroxyl groups is 1. The van der Waals surface area contributed by atoms with E-state index in [-0.39, 0.29) is 38.4 Å². The summed E-state index contributed by atoms with van der Waals surface area (Å²) in [5, 5.41) is 39.9. The predicted molar refractivity (Wildman–Crippen MR) is 144 cm³/mol. The van der Waals surface area contributed by atoms with Crippen LogP contribution in [0.2, 0.25) is 0 Å². The van der Waals surface area contributed by atoms with E-state index in [4.69, 9.17) is 11.5 Å². The van der Waals surface area contributed by atoms with Gasteiger partial charge < -0.3 is 58.3 Å². The summed E-state index contributed by atoms with van der Waals surface area (Å²) in [5.41, 5.74) is 10.5. The van der Waals surface area contributed by atoms with Gasteiger partial charge in [0.05, 0.1) is 26.1 Å². The van der Waals surface area contributed by atoms with E-state index in [1.165, 1.54) is 7.05 Å². The van der Waals surface area contributed by atoms with Crippen molar-refractivity contribution in [1.82, 2.24) is 31.5 Å². The molecule has 1 aliphatic rings. The van der Waals surface area contributed by atoms with Gasteiger partial charge in [-0.15, -0.1) is 0 Å². The molecule has 0 bridgehead atoms. The highest BCUT2D eigenvalue weighted by Gasteiger charge is 2.38. The number of hydrogen-bond acceptors (Lipinski definition) is 10. The Bertz CT molecular complexity index is 1030. The van der Waals surface area contributed by atoms with E-state index < -0.39 is 85.2 Å². The second-order valence-electron chi connectivity index (χ2n) is 9.31. The smallest absolute Gasteiger partial charge is 0.326 e. The van der Waals surface area contributed by atoms with Crippen molar-refractivity contribution in [2.75, 3.05) is 39.8 Å². The number of hydrogen-bond donors (Lipinski definition) is 10. The van der Waals surface area contributed by atoms with Gasteiger partial charge >= 0.3 is 11.9 Å². The zero-order chi connectivity index (χ0) is 31.8. The van der Waals surface area contributed by atoms with Crippen molar-refractivity contribution in [3.05, 3.63) is 0 Å². The molecule has 0 radical (unpaired) electrons. The van der Waals surface area contributed by atoms with Gasteiger partial charge in [0, 0.05) is 13.1 Å². The summed E-state index contributed by atoms with van der Waals surface area (Å²) in [6.45, 7) is -1.45. The Labute approximate surface area is 240 Å². The fraction of sp³-hybridized carbons (Fsp3) is 0.652. The van der Waals surface area contributed by atoms with Crippen LogP contribution in [0.4, 0.5) is 0 Å². The first kappa shape index (κ1) is 35.5. The zero-order valence-electron chi connectivity index (χ0n) is 23.1. The summed E-state index contributed by atoms with van der Waals surface area (Å²) in [7, 11) is 1.53. The number of carboxylic acid groups (broad SMARTS) is 2. The van der Waals surface area contributed by atoms with E-state index in [0.29, 0.717) is 12.8 Å². The Morgan fingerprint density at radius 2 is 1.57 bits per heavy atom. The number of carboxylic acids is 2. The first-order valence-electron chi connectivity index (χ1n) is 13.0. The van der Waals surface area contributed by atoms with Gasteiger partial charge in [0.1, 0.15) is 24.2 Å². The Morgan fingerprint density at radius 1 is 0.929 bits per heavy atom. The van der Waals surface area contributed by atoms with Crippen molar-refractivity contribution in [2.45, 2.75) is 56.3 Å². The highest BCUT2D eigenvalue weighted by molar-refractivity contribution is 5.96. The molecule has 0 aromatic rings. The van der Waals surface area contributed by atoms with Crippen LogP contribution in [0.1, 0.15) is 32.1 Å². The van der Waals surface area contributed by atoms with E-state index in [0.717, 1.165) is 4.90 Å². The third-order valence-electron chi connectivity index (χ3n) is 6.01. The third-order valence-corrected chi connectivity index (χ3v) is 6.01. The lowest BCUT2D eigenvalue weighted by Crippen LogP contribution is -2.58. The van der Waals surface area contributed by atoms with Gasteiger partial charge in [-0.25, -0.2) is 4.79 Å². The number of likely N-dealkylation sites (tertiary alicyclic amines) is 1. The zero-order valence-corrected chi connectivity index (χ0v) is 23.1. The van der Waals surface area contributed by atoms with Gasteiger partial charge in [-0.1, -0.05) is 0 Å². The molecule has 12 N–H and O–H groups in total. The van der Waals surface area contributed by atoms with Crippen LogP contribution in [-0.4, -0.2) is 132 Å². The summed E-state index contributed by atoms with van der Waals surface area (Å²) in [6.07, 6.45) is 0.0898. The third kappa shape index (κ3) is 12.3. The first-order chi connectivity index (χ1) is 19.8. The lowest BCUT2D eigenvalue weighted by Gasteiger charge is -2.27. The largest absolute Gasteiger partial charge is 0.481 e. The maximum absolute atomic E-state index is 12.8. The van der Waals surface area contributed by atoms with E-state index >= 15 is 0 Å². The van der Waals surface area contributed by atoms with E-state index in [9.17, 15) is 48.9 Å². The number of carbonyl (C=O) groups excluding carboxylic acids is 5. The number of likely N-dealkylation sites (N-methyl/N-ethyl adjacent to an activating group) is 1. The summed E-state index contributed by atoms with van der Waals surface area (Å²) in [5.74, 6) is -7.11. The molecular formula is C23H39N9O10. The summed E-state index contributed by atoms with van der Waals surface area (Å²) >= 11 is 0. The number of aliphatic imine (C=N–C) groups is 1. The number of nitrogens with two attached hydrogens (primary N) is 2. The van der Waals surface area contributed by atoms with Gasteiger partial charge in [-0.05, 0) is 32.7 Å². The number of amides is 5. The van der Waals surface area contributed by atoms with E-state index in [2.05, 4.69) is 31.6 Å². The van der Waals surface area contributed by atoms with Crippen molar-refractivity contribution in [1.29, 1.82) is 0 Å². The minimum absolute atomic E-state index is 0.0852. The Morgan fingerprint density at radius 3 is 2.14 bits per heavy atom. The number of guanidine groups is 1.